The molecule has 0 heterocycles. The molecule has 0 N–H and O–H groups in total. The molecule has 2 aromatic carbocycles. The summed E-state index contributed by atoms with van der Waals surface area (Å²) in [4.78, 5) is 18.2. The van der Waals surface area contributed by atoms with Gasteiger partial charge in [-0.1, -0.05) is 38.0 Å². The molecule has 0 atom stereocenters. The van der Waals surface area contributed by atoms with E-state index in [1.54, 1.807) is 12.1 Å². The molecule has 24 heavy (non-hydrogen) atoms. The number of benzene rings is 2. The monoisotopic (exact) mass is 324 g/mol. The van der Waals surface area contributed by atoms with E-state index in [1.165, 1.54) is 20.0 Å². The van der Waals surface area contributed by atoms with Crippen molar-refractivity contribution in [2.75, 3.05) is 18.6 Å². The zero-order chi connectivity index (χ0) is 17.2. The molecule has 2 rings (SSSR count). The molecule has 0 aliphatic heterocycles. The predicted molar refractivity (Wildman–Crippen MR) is 99.2 cm³/mol. The fourth-order valence-corrected chi connectivity index (χ4v) is 2.34. The minimum atomic E-state index is -0.322. The molecule has 0 aliphatic rings. The summed E-state index contributed by atoms with van der Waals surface area (Å²) in [6.45, 7) is 3.08. The highest BCUT2D eigenvalue weighted by atomic mass is 16.5. The lowest BCUT2D eigenvalue weighted by molar-refractivity contribution is 0.0601. The number of carbonyl (C=O) groups is 1. The zero-order valence-corrected chi connectivity index (χ0v) is 14.3. The van der Waals surface area contributed by atoms with E-state index in [0.29, 0.717) is 5.56 Å². The Morgan fingerprint density at radius 1 is 1.08 bits per heavy atom. The summed E-state index contributed by atoms with van der Waals surface area (Å²) in [5, 5.41) is 0. The maximum atomic E-state index is 11.6. The molecule has 4 nitrogen and oxygen atoms in total. The molecular formula is C20H24N2O2. The normalized spacial score (nSPS) is 10.8. The van der Waals surface area contributed by atoms with Gasteiger partial charge in [0.15, 0.2) is 0 Å². The maximum absolute atomic E-state index is 11.6. The molecule has 0 fully saturated rings. The van der Waals surface area contributed by atoms with E-state index in [2.05, 4.69) is 16.8 Å². The van der Waals surface area contributed by atoms with Gasteiger partial charge in [0.25, 0.3) is 0 Å². The Kier molecular flexibility index (Phi) is 7.02. The minimum absolute atomic E-state index is 0.322. The molecule has 126 valence electrons. The number of unbranched alkanes of at least 4 members (excludes halogenated alkanes) is 2. The van der Waals surface area contributed by atoms with Crippen LogP contribution in [0.5, 0.6) is 0 Å². The third-order valence-electron chi connectivity index (χ3n) is 3.73. The molecule has 0 bridgehead atoms. The SMILES string of the molecule is CCCCCN(C=Nc1ccccc1)c1ccc(C(=O)OC)cc1. The number of anilines is 1. The summed E-state index contributed by atoms with van der Waals surface area (Å²) in [5.74, 6) is -0.322. The largest absolute Gasteiger partial charge is 0.465 e. The fourth-order valence-electron chi connectivity index (χ4n) is 2.34. The molecule has 0 aromatic heterocycles. The van der Waals surface area contributed by atoms with E-state index in [1.807, 2.05) is 48.8 Å². The van der Waals surface area contributed by atoms with Crippen molar-refractivity contribution >= 4 is 23.7 Å². The lowest BCUT2D eigenvalue weighted by atomic mass is 10.2. The first-order valence-electron chi connectivity index (χ1n) is 8.29. The van der Waals surface area contributed by atoms with Crippen molar-refractivity contribution in [1.82, 2.24) is 0 Å². The standard InChI is InChI=1S/C20H24N2O2/c1-3-4-8-15-22(16-21-18-9-6-5-7-10-18)19-13-11-17(12-14-19)20(23)24-2/h5-7,9-14,16H,3-4,8,15H2,1-2H3. The number of hydrogen-bond acceptors (Lipinski definition) is 3. The quantitative estimate of drug-likeness (QED) is 0.302. The molecular weight excluding hydrogens is 300 g/mol. The van der Waals surface area contributed by atoms with Gasteiger partial charge in [-0.3, -0.25) is 0 Å². The Morgan fingerprint density at radius 3 is 2.42 bits per heavy atom. The second-order valence-corrected chi connectivity index (χ2v) is 5.52. The van der Waals surface area contributed by atoms with Crippen molar-refractivity contribution in [3.63, 3.8) is 0 Å². The van der Waals surface area contributed by atoms with Crippen LogP contribution in [0.1, 0.15) is 36.5 Å². The van der Waals surface area contributed by atoms with Crippen molar-refractivity contribution in [2.45, 2.75) is 26.2 Å². The van der Waals surface area contributed by atoms with Gasteiger partial charge >= 0.3 is 5.97 Å². The number of hydrogen-bond donors (Lipinski definition) is 0. The number of nitrogens with zero attached hydrogens (tertiary/aromatic N) is 2. The van der Waals surface area contributed by atoms with E-state index in [0.717, 1.165) is 24.3 Å². The maximum Gasteiger partial charge on any atom is 0.337 e. The minimum Gasteiger partial charge on any atom is -0.465 e. The van der Waals surface area contributed by atoms with E-state index in [4.69, 9.17) is 4.74 Å². The number of esters is 1. The van der Waals surface area contributed by atoms with E-state index < -0.39 is 0 Å². The van der Waals surface area contributed by atoms with Gasteiger partial charge in [-0.2, -0.15) is 0 Å². The van der Waals surface area contributed by atoms with Crippen LogP contribution in [0.2, 0.25) is 0 Å². The third kappa shape index (κ3) is 5.23. The number of para-hydroxylation sites is 1. The summed E-state index contributed by atoms with van der Waals surface area (Å²) in [6, 6.07) is 17.3. The average Bonchev–Trinajstić information content (AvgIpc) is 2.65. The van der Waals surface area contributed by atoms with E-state index in [-0.39, 0.29) is 5.97 Å². The summed E-state index contributed by atoms with van der Waals surface area (Å²) in [5.41, 5.74) is 2.48. The van der Waals surface area contributed by atoms with Crippen LogP contribution in [0.25, 0.3) is 0 Å². The molecule has 0 spiro atoms. The topological polar surface area (TPSA) is 41.9 Å². The number of carbonyl (C=O) groups excluding carboxylic acids is 1. The van der Waals surface area contributed by atoms with Gasteiger partial charge in [0.2, 0.25) is 0 Å². The first-order chi connectivity index (χ1) is 11.7. The Balaban J connectivity index is 2.15. The highest BCUT2D eigenvalue weighted by molar-refractivity contribution is 5.90. The second kappa shape index (κ2) is 9.50. The molecule has 0 saturated heterocycles. The van der Waals surface area contributed by atoms with Crippen molar-refractivity contribution < 1.29 is 9.53 Å². The number of ether oxygens (including phenoxy) is 1. The molecule has 2 aromatic rings. The summed E-state index contributed by atoms with van der Waals surface area (Å²) >= 11 is 0. The van der Waals surface area contributed by atoms with Crippen molar-refractivity contribution in [3.05, 3.63) is 60.2 Å². The number of methoxy groups -OCH3 is 1. The van der Waals surface area contributed by atoms with Gasteiger partial charge in [-0.15, -0.1) is 0 Å². The fraction of sp³-hybridized carbons (Fsp3) is 0.300. The summed E-state index contributed by atoms with van der Waals surface area (Å²) in [7, 11) is 1.39. The molecule has 0 radical (unpaired) electrons. The first kappa shape index (κ1) is 17.7. The highest BCUT2D eigenvalue weighted by Gasteiger charge is 2.08. The van der Waals surface area contributed by atoms with Crippen molar-refractivity contribution in [2.24, 2.45) is 4.99 Å². The number of aliphatic imine (C=N–C) groups is 1. The van der Waals surface area contributed by atoms with Gasteiger partial charge in [-0.05, 0) is 42.8 Å². The average molecular weight is 324 g/mol. The van der Waals surface area contributed by atoms with Crippen molar-refractivity contribution in [3.8, 4) is 0 Å². The highest BCUT2D eigenvalue weighted by Crippen LogP contribution is 2.17. The van der Waals surface area contributed by atoms with Crippen LogP contribution in [-0.2, 0) is 4.74 Å². The third-order valence-corrected chi connectivity index (χ3v) is 3.73. The van der Waals surface area contributed by atoms with Gasteiger partial charge in [0, 0.05) is 12.2 Å². The lowest BCUT2D eigenvalue weighted by Gasteiger charge is -2.20. The Bertz CT molecular complexity index is 651. The lowest BCUT2D eigenvalue weighted by Crippen LogP contribution is -2.22. The van der Waals surface area contributed by atoms with Crippen LogP contribution in [0.4, 0.5) is 11.4 Å². The molecule has 0 unspecified atom stereocenters. The van der Waals surface area contributed by atoms with Gasteiger partial charge < -0.3 is 9.64 Å². The van der Waals surface area contributed by atoms with Gasteiger partial charge in [0.1, 0.15) is 0 Å². The van der Waals surface area contributed by atoms with Gasteiger partial charge in [-0.25, -0.2) is 9.79 Å². The van der Waals surface area contributed by atoms with Crippen LogP contribution in [0.15, 0.2) is 59.6 Å². The second-order valence-electron chi connectivity index (χ2n) is 5.52. The van der Waals surface area contributed by atoms with Crippen molar-refractivity contribution in [1.29, 1.82) is 0 Å². The van der Waals surface area contributed by atoms with Crippen LogP contribution in [0, 0.1) is 0 Å². The van der Waals surface area contributed by atoms with Crippen LogP contribution in [-0.4, -0.2) is 26.0 Å². The van der Waals surface area contributed by atoms with Crippen LogP contribution >= 0.6 is 0 Å². The van der Waals surface area contributed by atoms with Crippen LogP contribution in [0.3, 0.4) is 0 Å². The molecule has 4 heteroatoms. The van der Waals surface area contributed by atoms with Gasteiger partial charge in [0.05, 0.1) is 24.7 Å². The Morgan fingerprint density at radius 2 is 1.79 bits per heavy atom. The number of rotatable bonds is 8. The summed E-state index contributed by atoms with van der Waals surface area (Å²) in [6.07, 6.45) is 5.30. The molecule has 0 amide bonds. The Hall–Kier alpha value is -2.62. The van der Waals surface area contributed by atoms with E-state index in [9.17, 15) is 4.79 Å². The van der Waals surface area contributed by atoms with E-state index >= 15 is 0 Å². The Labute approximate surface area is 143 Å². The van der Waals surface area contributed by atoms with Crippen LogP contribution < -0.4 is 4.90 Å². The molecule has 0 saturated carbocycles. The zero-order valence-electron chi connectivity index (χ0n) is 14.3. The summed E-state index contributed by atoms with van der Waals surface area (Å²) < 4.78 is 4.74. The first-order valence-corrected chi connectivity index (χ1v) is 8.29. The molecule has 0 aliphatic carbocycles. The predicted octanol–water partition coefficient (Wildman–Crippen LogP) is 4.83. The smallest absolute Gasteiger partial charge is 0.337 e.